The Bertz CT molecular complexity index is 415. The van der Waals surface area contributed by atoms with E-state index in [1.54, 1.807) is 7.11 Å². The second-order valence-electron chi connectivity index (χ2n) is 4.56. The quantitative estimate of drug-likeness (QED) is 0.790. The predicted octanol–water partition coefficient (Wildman–Crippen LogP) is 1.86. The van der Waals surface area contributed by atoms with Crippen LogP contribution in [-0.4, -0.2) is 19.6 Å². The second kappa shape index (κ2) is 7.79. The molecule has 0 fully saturated rings. The monoisotopic (exact) mass is 264 g/mol. The summed E-state index contributed by atoms with van der Waals surface area (Å²) in [7, 11) is 1.67. The van der Waals surface area contributed by atoms with Crippen LogP contribution in [0.5, 0.6) is 5.75 Å². The van der Waals surface area contributed by atoms with Gasteiger partial charge in [-0.1, -0.05) is 26.0 Å². The minimum absolute atomic E-state index is 0.0267. The number of aryl methyl sites for hydroxylation is 1. The molecular weight excluding hydrogens is 240 g/mol. The molecule has 1 aromatic rings. The van der Waals surface area contributed by atoms with Gasteiger partial charge in [-0.15, -0.1) is 0 Å². The third-order valence-corrected chi connectivity index (χ3v) is 3.34. The molecule has 0 aromatic heterocycles. The molecule has 1 amide bonds. The Hall–Kier alpha value is -1.55. The second-order valence-corrected chi connectivity index (χ2v) is 4.56. The lowest BCUT2D eigenvalue weighted by Gasteiger charge is -2.14. The van der Waals surface area contributed by atoms with Crippen LogP contribution >= 0.6 is 0 Å². The van der Waals surface area contributed by atoms with Crippen LogP contribution in [0.4, 0.5) is 0 Å². The van der Waals surface area contributed by atoms with Crippen molar-refractivity contribution < 1.29 is 9.53 Å². The van der Waals surface area contributed by atoms with Gasteiger partial charge in [0.05, 0.1) is 7.11 Å². The smallest absolute Gasteiger partial charge is 0.224 e. The molecule has 0 saturated carbocycles. The van der Waals surface area contributed by atoms with Crippen LogP contribution in [0, 0.1) is 5.92 Å². The summed E-state index contributed by atoms with van der Waals surface area (Å²) in [5.41, 5.74) is 7.79. The average molecular weight is 264 g/mol. The highest BCUT2D eigenvalue weighted by atomic mass is 16.5. The maximum Gasteiger partial charge on any atom is 0.224 e. The molecule has 0 spiro atoms. The van der Waals surface area contributed by atoms with Crippen LogP contribution in [0.2, 0.25) is 0 Å². The molecule has 0 saturated heterocycles. The van der Waals surface area contributed by atoms with Gasteiger partial charge in [0, 0.05) is 19.0 Å². The number of methoxy groups -OCH3 is 1. The zero-order valence-electron chi connectivity index (χ0n) is 12.0. The van der Waals surface area contributed by atoms with Crippen LogP contribution in [0.25, 0.3) is 0 Å². The van der Waals surface area contributed by atoms with Crippen molar-refractivity contribution in [3.63, 3.8) is 0 Å². The lowest BCUT2D eigenvalue weighted by atomic mass is 10.1. The van der Waals surface area contributed by atoms with Gasteiger partial charge in [0.2, 0.25) is 5.91 Å². The molecule has 1 unspecified atom stereocenters. The number of hydrogen-bond donors (Lipinski definition) is 2. The van der Waals surface area contributed by atoms with Gasteiger partial charge < -0.3 is 15.8 Å². The number of carbonyl (C=O) groups excluding carboxylic acids is 1. The van der Waals surface area contributed by atoms with E-state index in [2.05, 4.69) is 18.3 Å². The van der Waals surface area contributed by atoms with Gasteiger partial charge in [0.15, 0.2) is 0 Å². The highest BCUT2D eigenvalue weighted by Gasteiger charge is 2.13. The molecular formula is C15H24N2O2. The Morgan fingerprint density at radius 3 is 2.68 bits per heavy atom. The Labute approximate surface area is 115 Å². The van der Waals surface area contributed by atoms with Gasteiger partial charge in [-0.3, -0.25) is 4.79 Å². The fraction of sp³-hybridized carbons (Fsp3) is 0.533. The predicted molar refractivity (Wildman–Crippen MR) is 77.1 cm³/mol. The van der Waals surface area contributed by atoms with Gasteiger partial charge in [0.25, 0.3) is 0 Å². The first-order valence-corrected chi connectivity index (χ1v) is 6.79. The third kappa shape index (κ3) is 4.24. The van der Waals surface area contributed by atoms with Crippen molar-refractivity contribution in [1.82, 2.24) is 5.32 Å². The molecule has 0 radical (unpaired) electrons. The maximum absolute atomic E-state index is 11.8. The number of rotatable bonds is 7. The number of hydrogen-bond acceptors (Lipinski definition) is 3. The maximum atomic E-state index is 11.8. The van der Waals surface area contributed by atoms with Crippen molar-refractivity contribution >= 4 is 5.91 Å². The molecule has 1 atom stereocenters. The number of benzene rings is 1. The van der Waals surface area contributed by atoms with E-state index in [4.69, 9.17) is 10.5 Å². The fourth-order valence-electron chi connectivity index (χ4n) is 2.01. The minimum Gasteiger partial charge on any atom is -0.496 e. The Morgan fingerprint density at radius 2 is 2.16 bits per heavy atom. The molecule has 0 bridgehead atoms. The zero-order valence-corrected chi connectivity index (χ0v) is 12.0. The van der Waals surface area contributed by atoms with Gasteiger partial charge in [-0.05, 0) is 30.0 Å². The van der Waals surface area contributed by atoms with E-state index in [1.807, 2.05) is 19.1 Å². The van der Waals surface area contributed by atoms with Crippen LogP contribution in [0.15, 0.2) is 18.2 Å². The molecule has 0 aliphatic heterocycles. The van der Waals surface area contributed by atoms with E-state index in [9.17, 15) is 4.79 Å². The summed E-state index contributed by atoms with van der Waals surface area (Å²) >= 11 is 0. The molecule has 0 aliphatic rings. The van der Waals surface area contributed by atoms with E-state index >= 15 is 0 Å². The van der Waals surface area contributed by atoms with E-state index < -0.39 is 0 Å². The minimum atomic E-state index is -0.0936. The molecule has 19 heavy (non-hydrogen) atoms. The summed E-state index contributed by atoms with van der Waals surface area (Å²) in [5.74, 6) is 0.828. The average Bonchev–Trinajstić information content (AvgIpc) is 2.45. The van der Waals surface area contributed by atoms with E-state index in [0.717, 1.165) is 29.7 Å². The SMILES string of the molecule is CCc1cc(CNC(=O)C(CC)CN)ccc1OC. The van der Waals surface area contributed by atoms with E-state index in [-0.39, 0.29) is 11.8 Å². The van der Waals surface area contributed by atoms with Crippen LogP contribution in [0.1, 0.15) is 31.4 Å². The lowest BCUT2D eigenvalue weighted by molar-refractivity contribution is -0.124. The van der Waals surface area contributed by atoms with Crippen molar-refractivity contribution in [3.8, 4) is 5.75 Å². The van der Waals surface area contributed by atoms with Crippen molar-refractivity contribution in [3.05, 3.63) is 29.3 Å². The van der Waals surface area contributed by atoms with Crippen LogP contribution in [-0.2, 0) is 17.8 Å². The first-order chi connectivity index (χ1) is 9.15. The topological polar surface area (TPSA) is 64.4 Å². The summed E-state index contributed by atoms with van der Waals surface area (Å²) in [5, 5.41) is 2.93. The fourth-order valence-corrected chi connectivity index (χ4v) is 2.01. The Kier molecular flexibility index (Phi) is 6.36. The van der Waals surface area contributed by atoms with Gasteiger partial charge in [0.1, 0.15) is 5.75 Å². The van der Waals surface area contributed by atoms with Crippen molar-refractivity contribution in [2.45, 2.75) is 33.2 Å². The number of amides is 1. The summed E-state index contributed by atoms with van der Waals surface area (Å²) in [6.45, 7) is 4.99. The molecule has 1 aromatic carbocycles. The van der Waals surface area contributed by atoms with Gasteiger partial charge in [-0.2, -0.15) is 0 Å². The van der Waals surface area contributed by atoms with E-state index in [0.29, 0.717) is 13.1 Å². The van der Waals surface area contributed by atoms with Gasteiger partial charge >= 0.3 is 0 Å². The first kappa shape index (κ1) is 15.5. The molecule has 3 N–H and O–H groups in total. The number of nitrogens with two attached hydrogens (primary N) is 1. The van der Waals surface area contributed by atoms with Crippen molar-refractivity contribution in [2.75, 3.05) is 13.7 Å². The Morgan fingerprint density at radius 1 is 1.42 bits per heavy atom. The number of carbonyl (C=O) groups is 1. The van der Waals surface area contributed by atoms with Crippen molar-refractivity contribution in [1.29, 1.82) is 0 Å². The van der Waals surface area contributed by atoms with Crippen molar-refractivity contribution in [2.24, 2.45) is 11.7 Å². The molecule has 106 valence electrons. The number of ether oxygens (including phenoxy) is 1. The molecule has 0 heterocycles. The largest absolute Gasteiger partial charge is 0.496 e. The van der Waals surface area contributed by atoms with E-state index in [1.165, 1.54) is 0 Å². The number of nitrogens with one attached hydrogen (secondary N) is 1. The standard InChI is InChI=1S/C15H24N2O2/c1-4-12-8-11(6-7-14(12)19-3)10-17-15(18)13(5-2)9-16/h6-8,13H,4-5,9-10,16H2,1-3H3,(H,17,18). The first-order valence-electron chi connectivity index (χ1n) is 6.79. The summed E-state index contributed by atoms with van der Waals surface area (Å²) < 4.78 is 5.29. The summed E-state index contributed by atoms with van der Waals surface area (Å²) in [6, 6.07) is 5.99. The molecule has 4 nitrogen and oxygen atoms in total. The normalized spacial score (nSPS) is 12.0. The summed E-state index contributed by atoms with van der Waals surface area (Å²) in [6.07, 6.45) is 1.68. The molecule has 0 aliphatic carbocycles. The van der Waals surface area contributed by atoms with Crippen LogP contribution in [0.3, 0.4) is 0 Å². The summed E-state index contributed by atoms with van der Waals surface area (Å²) in [4.78, 5) is 11.8. The highest BCUT2D eigenvalue weighted by Crippen LogP contribution is 2.20. The Balaban J connectivity index is 2.65. The molecule has 1 rings (SSSR count). The highest BCUT2D eigenvalue weighted by molar-refractivity contribution is 5.78. The van der Waals surface area contributed by atoms with Gasteiger partial charge in [-0.25, -0.2) is 0 Å². The van der Waals surface area contributed by atoms with Crippen LogP contribution < -0.4 is 15.8 Å². The lowest BCUT2D eigenvalue weighted by Crippen LogP contribution is -2.34. The molecule has 4 heteroatoms. The third-order valence-electron chi connectivity index (χ3n) is 3.34. The zero-order chi connectivity index (χ0) is 14.3.